The molecular formula is C18H29NO. The summed E-state index contributed by atoms with van der Waals surface area (Å²) in [6, 6.07) is 8.88. The zero-order chi connectivity index (χ0) is 14.5. The molecule has 0 bridgehead atoms. The normalized spacial score (nSPS) is 28.1. The van der Waals surface area contributed by atoms with Crippen molar-refractivity contribution in [2.45, 2.75) is 58.6 Å². The number of hydrogen-bond acceptors (Lipinski definition) is 2. The highest BCUT2D eigenvalue weighted by Crippen LogP contribution is 2.34. The summed E-state index contributed by atoms with van der Waals surface area (Å²) in [5, 5.41) is 3.38. The summed E-state index contributed by atoms with van der Waals surface area (Å²) in [5.41, 5.74) is 1.30. The van der Waals surface area contributed by atoms with Crippen molar-refractivity contribution in [2.24, 2.45) is 11.8 Å². The molecule has 0 aliphatic heterocycles. The van der Waals surface area contributed by atoms with Crippen molar-refractivity contribution in [2.75, 3.05) is 7.05 Å². The summed E-state index contributed by atoms with van der Waals surface area (Å²) in [7, 11) is 2.02. The molecule has 0 aromatic heterocycles. The van der Waals surface area contributed by atoms with E-state index in [1.165, 1.54) is 24.8 Å². The van der Waals surface area contributed by atoms with Gasteiger partial charge in [0.1, 0.15) is 5.75 Å². The number of benzene rings is 1. The summed E-state index contributed by atoms with van der Waals surface area (Å²) < 4.78 is 6.35. The van der Waals surface area contributed by atoms with E-state index in [1.807, 2.05) is 7.05 Å². The van der Waals surface area contributed by atoms with Crippen LogP contribution in [-0.2, 0) is 0 Å². The molecule has 0 amide bonds. The molecule has 1 saturated carbocycles. The lowest BCUT2D eigenvalue weighted by atomic mass is 9.80. The van der Waals surface area contributed by atoms with E-state index in [0.29, 0.717) is 12.1 Å². The smallest absolute Gasteiger partial charge is 0.124 e. The fourth-order valence-electron chi connectivity index (χ4n) is 3.24. The van der Waals surface area contributed by atoms with E-state index in [4.69, 9.17) is 4.74 Å². The molecule has 1 aliphatic carbocycles. The van der Waals surface area contributed by atoms with Crippen LogP contribution in [0.5, 0.6) is 5.75 Å². The molecule has 1 aliphatic rings. The third-order valence-corrected chi connectivity index (χ3v) is 4.89. The molecule has 20 heavy (non-hydrogen) atoms. The van der Waals surface area contributed by atoms with E-state index in [2.05, 4.69) is 50.4 Å². The van der Waals surface area contributed by atoms with E-state index in [9.17, 15) is 0 Å². The van der Waals surface area contributed by atoms with Crippen LogP contribution in [0.4, 0.5) is 0 Å². The number of hydrogen-bond donors (Lipinski definition) is 1. The van der Waals surface area contributed by atoms with Crippen LogP contribution in [-0.4, -0.2) is 13.2 Å². The van der Waals surface area contributed by atoms with E-state index in [1.54, 1.807) is 0 Å². The van der Waals surface area contributed by atoms with Gasteiger partial charge in [0.2, 0.25) is 0 Å². The molecule has 4 unspecified atom stereocenters. The van der Waals surface area contributed by atoms with Gasteiger partial charge in [-0.25, -0.2) is 0 Å². The number of ether oxygens (including phenoxy) is 1. The van der Waals surface area contributed by atoms with Crippen molar-refractivity contribution in [3.05, 3.63) is 29.8 Å². The number of para-hydroxylation sites is 1. The average Bonchev–Trinajstić information content (AvgIpc) is 2.46. The van der Waals surface area contributed by atoms with E-state index >= 15 is 0 Å². The van der Waals surface area contributed by atoms with E-state index in [0.717, 1.165) is 24.0 Å². The van der Waals surface area contributed by atoms with Gasteiger partial charge in [0.05, 0.1) is 6.10 Å². The Balaban J connectivity index is 2.09. The molecule has 2 rings (SSSR count). The van der Waals surface area contributed by atoms with E-state index in [-0.39, 0.29) is 0 Å². The SMILES string of the molecule is CCC(NC)c1ccccc1OC1CCC(C)C(C)C1. The second kappa shape index (κ2) is 7.12. The first-order chi connectivity index (χ1) is 9.65. The second-order valence-corrected chi connectivity index (χ2v) is 6.29. The van der Waals surface area contributed by atoms with Gasteiger partial charge in [0, 0.05) is 11.6 Å². The van der Waals surface area contributed by atoms with Crippen LogP contribution in [0.2, 0.25) is 0 Å². The monoisotopic (exact) mass is 275 g/mol. The highest BCUT2D eigenvalue weighted by atomic mass is 16.5. The molecule has 1 aromatic rings. The lowest BCUT2D eigenvalue weighted by molar-refractivity contribution is 0.0991. The first-order valence-corrected chi connectivity index (χ1v) is 8.08. The Hall–Kier alpha value is -1.02. The third-order valence-electron chi connectivity index (χ3n) is 4.89. The lowest BCUT2D eigenvalue weighted by Gasteiger charge is -2.33. The van der Waals surface area contributed by atoms with Crippen LogP contribution in [0, 0.1) is 11.8 Å². The van der Waals surface area contributed by atoms with Gasteiger partial charge in [-0.2, -0.15) is 0 Å². The van der Waals surface area contributed by atoms with Gasteiger partial charge >= 0.3 is 0 Å². The lowest BCUT2D eigenvalue weighted by Crippen LogP contribution is -2.29. The molecular weight excluding hydrogens is 246 g/mol. The highest BCUT2D eigenvalue weighted by molar-refractivity contribution is 5.36. The number of rotatable bonds is 5. The zero-order valence-corrected chi connectivity index (χ0v) is 13.4. The largest absolute Gasteiger partial charge is 0.490 e. The minimum absolute atomic E-state index is 0.381. The van der Waals surface area contributed by atoms with Gasteiger partial charge in [0.25, 0.3) is 0 Å². The van der Waals surface area contributed by atoms with Crippen molar-refractivity contribution in [1.29, 1.82) is 0 Å². The minimum Gasteiger partial charge on any atom is -0.490 e. The Morgan fingerprint density at radius 2 is 1.95 bits per heavy atom. The standard InChI is InChI=1S/C18H29NO/c1-5-17(19-4)16-8-6-7-9-18(16)20-15-11-10-13(2)14(3)12-15/h6-9,13-15,17,19H,5,10-12H2,1-4H3. The molecule has 112 valence electrons. The van der Waals surface area contributed by atoms with E-state index < -0.39 is 0 Å². The Morgan fingerprint density at radius 3 is 2.60 bits per heavy atom. The average molecular weight is 275 g/mol. The van der Waals surface area contributed by atoms with Crippen LogP contribution in [0.1, 0.15) is 58.1 Å². The molecule has 1 aromatic carbocycles. The quantitative estimate of drug-likeness (QED) is 0.850. The van der Waals surface area contributed by atoms with Gasteiger partial charge in [-0.1, -0.05) is 39.0 Å². The van der Waals surface area contributed by atoms with Gasteiger partial charge in [0.15, 0.2) is 0 Å². The Kier molecular flexibility index (Phi) is 5.47. The zero-order valence-electron chi connectivity index (χ0n) is 13.4. The van der Waals surface area contributed by atoms with Crippen LogP contribution < -0.4 is 10.1 Å². The van der Waals surface area contributed by atoms with Gasteiger partial charge < -0.3 is 10.1 Å². The fourth-order valence-corrected chi connectivity index (χ4v) is 3.24. The maximum absolute atomic E-state index is 6.35. The third kappa shape index (κ3) is 3.54. The van der Waals surface area contributed by atoms with Crippen LogP contribution in [0.15, 0.2) is 24.3 Å². The fraction of sp³-hybridized carbons (Fsp3) is 0.667. The van der Waals surface area contributed by atoms with Crippen molar-refractivity contribution in [3.63, 3.8) is 0 Å². The predicted molar refractivity (Wildman–Crippen MR) is 85.1 cm³/mol. The summed E-state index contributed by atoms with van der Waals surface area (Å²) >= 11 is 0. The Bertz CT molecular complexity index is 414. The maximum Gasteiger partial charge on any atom is 0.124 e. The van der Waals surface area contributed by atoms with Gasteiger partial charge in [-0.15, -0.1) is 0 Å². The molecule has 0 heterocycles. The molecule has 2 nitrogen and oxygen atoms in total. The Labute approximate surface area is 123 Å². The first-order valence-electron chi connectivity index (χ1n) is 8.08. The number of nitrogens with one attached hydrogen (secondary N) is 1. The first kappa shape index (κ1) is 15.4. The van der Waals surface area contributed by atoms with Gasteiger partial charge in [-0.3, -0.25) is 0 Å². The summed E-state index contributed by atoms with van der Waals surface area (Å²) in [6.07, 6.45) is 5.13. The molecule has 1 N–H and O–H groups in total. The second-order valence-electron chi connectivity index (χ2n) is 6.29. The minimum atomic E-state index is 0.381. The molecule has 0 spiro atoms. The van der Waals surface area contributed by atoms with Crippen molar-refractivity contribution >= 4 is 0 Å². The summed E-state index contributed by atoms with van der Waals surface area (Å²) in [6.45, 7) is 6.93. The topological polar surface area (TPSA) is 21.3 Å². The van der Waals surface area contributed by atoms with Crippen LogP contribution in [0.3, 0.4) is 0 Å². The van der Waals surface area contributed by atoms with Crippen LogP contribution in [0.25, 0.3) is 0 Å². The molecule has 4 atom stereocenters. The highest BCUT2D eigenvalue weighted by Gasteiger charge is 2.26. The predicted octanol–water partition coefficient (Wildman–Crippen LogP) is 4.56. The summed E-state index contributed by atoms with van der Waals surface area (Å²) in [5.74, 6) is 2.68. The van der Waals surface area contributed by atoms with Crippen LogP contribution >= 0.6 is 0 Å². The van der Waals surface area contributed by atoms with Crippen molar-refractivity contribution < 1.29 is 4.74 Å². The Morgan fingerprint density at radius 1 is 1.20 bits per heavy atom. The van der Waals surface area contributed by atoms with Gasteiger partial charge in [-0.05, 0) is 50.6 Å². The molecule has 1 fully saturated rings. The van der Waals surface area contributed by atoms with Crippen molar-refractivity contribution in [3.8, 4) is 5.75 Å². The maximum atomic E-state index is 6.35. The molecule has 0 saturated heterocycles. The molecule has 2 heteroatoms. The van der Waals surface area contributed by atoms with Crippen molar-refractivity contribution in [1.82, 2.24) is 5.32 Å². The summed E-state index contributed by atoms with van der Waals surface area (Å²) in [4.78, 5) is 0. The molecule has 0 radical (unpaired) electrons.